The number of sulfonamides is 1. The van der Waals surface area contributed by atoms with Crippen LogP contribution in [0.1, 0.15) is 19.4 Å². The molecule has 0 bridgehead atoms. The van der Waals surface area contributed by atoms with Gasteiger partial charge in [-0.3, -0.25) is 4.72 Å². The van der Waals surface area contributed by atoms with E-state index in [1.54, 1.807) is 29.5 Å². The van der Waals surface area contributed by atoms with Crippen LogP contribution >= 0.6 is 22.9 Å². The quantitative estimate of drug-likeness (QED) is 0.501. The molecule has 2 N–H and O–H groups in total. The van der Waals surface area contributed by atoms with Crippen LogP contribution in [-0.4, -0.2) is 45.7 Å². The summed E-state index contributed by atoms with van der Waals surface area (Å²) in [6, 6.07) is 11.1. The number of hydrogen-bond acceptors (Lipinski definition) is 7. The molecule has 3 aromatic rings. The van der Waals surface area contributed by atoms with Gasteiger partial charge >= 0.3 is 0 Å². The molecule has 2 aromatic heterocycles. The number of nitrogens with one attached hydrogen (secondary N) is 2. The summed E-state index contributed by atoms with van der Waals surface area (Å²) in [6.45, 7) is 7.77. The maximum atomic E-state index is 13.2. The van der Waals surface area contributed by atoms with E-state index in [4.69, 9.17) is 16.3 Å². The Morgan fingerprint density at radius 3 is 2.52 bits per heavy atom. The molecule has 0 saturated carbocycles. The smallest absolute Gasteiger partial charge is 0.264 e. The summed E-state index contributed by atoms with van der Waals surface area (Å²) in [5.41, 5.74) is 2.02. The first-order valence-electron chi connectivity index (χ1n) is 10.6. The normalized spacial score (nSPS) is 18.9. The van der Waals surface area contributed by atoms with E-state index < -0.39 is 10.0 Å². The van der Waals surface area contributed by atoms with Crippen molar-refractivity contribution < 1.29 is 13.2 Å². The number of hydrogen-bond donors (Lipinski definition) is 2. The summed E-state index contributed by atoms with van der Waals surface area (Å²) in [5, 5.41) is 5.67. The van der Waals surface area contributed by atoms with Crippen molar-refractivity contribution in [2.75, 3.05) is 29.8 Å². The fourth-order valence-electron chi connectivity index (χ4n) is 4.00. The van der Waals surface area contributed by atoms with E-state index in [1.807, 2.05) is 24.4 Å². The minimum Gasteiger partial charge on any atom is -0.493 e. The molecule has 1 fully saturated rings. The number of aromatic nitrogens is 1. The molecule has 2 atom stereocenters. The lowest BCUT2D eigenvalue weighted by atomic mass is 10.1. The highest BCUT2D eigenvalue weighted by atomic mass is 35.5. The van der Waals surface area contributed by atoms with Crippen LogP contribution in [0.15, 0.2) is 46.7 Å². The predicted molar refractivity (Wildman–Crippen MR) is 135 cm³/mol. The second-order valence-electron chi connectivity index (χ2n) is 8.33. The molecule has 2 unspecified atom stereocenters. The number of aryl methyl sites for hydroxylation is 1. The number of benzene rings is 1. The van der Waals surface area contributed by atoms with Gasteiger partial charge in [0.1, 0.15) is 10.7 Å². The zero-order chi connectivity index (χ0) is 23.8. The summed E-state index contributed by atoms with van der Waals surface area (Å²) >= 11 is 8.00. The maximum Gasteiger partial charge on any atom is 0.264 e. The van der Waals surface area contributed by atoms with Gasteiger partial charge in [0.25, 0.3) is 10.0 Å². The first kappa shape index (κ1) is 23.8. The zero-order valence-corrected chi connectivity index (χ0v) is 21.3. The van der Waals surface area contributed by atoms with Gasteiger partial charge in [-0.1, -0.05) is 17.7 Å². The molecule has 10 heteroatoms. The highest BCUT2D eigenvalue weighted by Crippen LogP contribution is 2.34. The summed E-state index contributed by atoms with van der Waals surface area (Å²) < 4.78 is 34.4. The molecule has 0 spiro atoms. The lowest BCUT2D eigenvalue weighted by Crippen LogP contribution is -2.54. The average molecular weight is 507 g/mol. The Labute approximate surface area is 203 Å². The van der Waals surface area contributed by atoms with Crippen molar-refractivity contribution in [3.63, 3.8) is 0 Å². The summed E-state index contributed by atoms with van der Waals surface area (Å²) in [7, 11) is -2.51. The van der Waals surface area contributed by atoms with Crippen LogP contribution in [0.25, 0.3) is 10.4 Å². The lowest BCUT2D eigenvalue weighted by molar-refractivity contribution is 0.403. The number of nitrogens with zero attached hydrogens (tertiary/aromatic N) is 2. The molecule has 3 heterocycles. The van der Waals surface area contributed by atoms with Gasteiger partial charge in [0.05, 0.1) is 12.1 Å². The Bertz CT molecular complexity index is 1250. The van der Waals surface area contributed by atoms with Gasteiger partial charge in [0, 0.05) is 30.1 Å². The van der Waals surface area contributed by atoms with Gasteiger partial charge in [-0.05, 0) is 67.6 Å². The van der Waals surface area contributed by atoms with E-state index in [9.17, 15) is 8.42 Å². The van der Waals surface area contributed by atoms with Crippen molar-refractivity contribution in [3.8, 4) is 16.2 Å². The van der Waals surface area contributed by atoms with Gasteiger partial charge in [0.15, 0.2) is 11.6 Å². The van der Waals surface area contributed by atoms with Gasteiger partial charge in [0.2, 0.25) is 0 Å². The van der Waals surface area contributed by atoms with Crippen molar-refractivity contribution in [3.05, 3.63) is 52.4 Å². The summed E-state index contributed by atoms with van der Waals surface area (Å²) in [4.78, 5) is 7.73. The summed E-state index contributed by atoms with van der Waals surface area (Å²) in [5.74, 6) is 1.14. The molecule has 1 aliphatic rings. The van der Waals surface area contributed by atoms with Crippen molar-refractivity contribution in [2.24, 2.45) is 0 Å². The average Bonchev–Trinajstić information content (AvgIpc) is 3.19. The third-order valence-electron chi connectivity index (χ3n) is 5.41. The largest absolute Gasteiger partial charge is 0.493 e. The zero-order valence-electron chi connectivity index (χ0n) is 18.9. The second kappa shape index (κ2) is 9.50. The molecule has 7 nitrogen and oxygen atoms in total. The third kappa shape index (κ3) is 5.27. The molecular formula is C23H27ClN4O3S2. The molecule has 0 aliphatic carbocycles. The number of piperazine rings is 1. The van der Waals surface area contributed by atoms with E-state index in [1.165, 1.54) is 13.2 Å². The number of methoxy groups -OCH3 is 1. The molecule has 0 radical (unpaired) electrons. The van der Waals surface area contributed by atoms with E-state index in [-0.39, 0.29) is 15.7 Å². The molecule has 0 amide bonds. The van der Waals surface area contributed by atoms with Crippen LogP contribution in [0.3, 0.4) is 0 Å². The number of rotatable bonds is 6. The van der Waals surface area contributed by atoms with Crippen LogP contribution in [0.4, 0.5) is 11.6 Å². The maximum absolute atomic E-state index is 13.2. The monoisotopic (exact) mass is 506 g/mol. The number of pyridine rings is 1. The number of ether oxygens (including phenoxy) is 1. The number of halogens is 1. The third-order valence-corrected chi connectivity index (χ3v) is 8.33. The molecular weight excluding hydrogens is 480 g/mol. The molecule has 33 heavy (non-hydrogen) atoms. The minimum absolute atomic E-state index is 0.0140. The second-order valence-corrected chi connectivity index (χ2v) is 11.3. The highest BCUT2D eigenvalue weighted by Gasteiger charge is 2.25. The SMILES string of the molecule is COc1ccc(N2CC(C)NC(C)C2)nc1NS(=O)(=O)c1ccc(-c2cc(C)cs2)cc1Cl. The number of thiophene rings is 1. The molecule has 1 saturated heterocycles. The lowest BCUT2D eigenvalue weighted by Gasteiger charge is -2.37. The van der Waals surface area contributed by atoms with Crippen LogP contribution in [0.2, 0.25) is 5.02 Å². The molecule has 4 rings (SSSR count). The Kier molecular flexibility index (Phi) is 6.86. The van der Waals surface area contributed by atoms with E-state index >= 15 is 0 Å². The van der Waals surface area contributed by atoms with Gasteiger partial charge in [-0.15, -0.1) is 11.3 Å². The van der Waals surface area contributed by atoms with Gasteiger partial charge < -0.3 is 15.0 Å². The minimum atomic E-state index is -3.99. The van der Waals surface area contributed by atoms with Crippen LogP contribution < -0.4 is 19.7 Å². The van der Waals surface area contributed by atoms with Crippen molar-refractivity contribution in [1.82, 2.24) is 10.3 Å². The number of anilines is 2. The van der Waals surface area contributed by atoms with E-state index in [0.29, 0.717) is 23.7 Å². The molecule has 1 aromatic carbocycles. The van der Waals surface area contributed by atoms with Gasteiger partial charge in [-0.2, -0.15) is 0 Å². The standard InChI is InChI=1S/C23H27ClN4O3S2/c1-14-9-20(32-13-14)17-5-7-21(18(24)10-17)33(29,30)27-23-19(31-4)6-8-22(26-23)28-11-15(2)25-16(3)12-28/h5-10,13,15-16,25H,11-12H2,1-4H3,(H,26,27). The van der Waals surface area contributed by atoms with Crippen molar-refractivity contribution in [1.29, 1.82) is 0 Å². The van der Waals surface area contributed by atoms with Crippen LogP contribution in [-0.2, 0) is 10.0 Å². The van der Waals surface area contributed by atoms with Crippen LogP contribution in [0.5, 0.6) is 5.75 Å². The van der Waals surface area contributed by atoms with E-state index in [0.717, 1.165) is 29.1 Å². The summed E-state index contributed by atoms with van der Waals surface area (Å²) in [6.07, 6.45) is 0. The van der Waals surface area contributed by atoms with E-state index in [2.05, 4.69) is 33.8 Å². The predicted octanol–water partition coefficient (Wildman–Crippen LogP) is 4.77. The molecule has 176 valence electrons. The molecule has 1 aliphatic heterocycles. The highest BCUT2D eigenvalue weighted by molar-refractivity contribution is 7.92. The fraction of sp³-hybridized carbons (Fsp3) is 0.348. The van der Waals surface area contributed by atoms with Crippen LogP contribution in [0, 0.1) is 6.92 Å². The van der Waals surface area contributed by atoms with Crippen molar-refractivity contribution >= 4 is 44.6 Å². The first-order chi connectivity index (χ1) is 15.7. The Balaban J connectivity index is 1.63. The topological polar surface area (TPSA) is 83.6 Å². The Morgan fingerprint density at radius 1 is 1.18 bits per heavy atom. The fourth-order valence-corrected chi connectivity index (χ4v) is 6.46. The Morgan fingerprint density at radius 2 is 1.91 bits per heavy atom. The van der Waals surface area contributed by atoms with Crippen molar-refractivity contribution in [2.45, 2.75) is 37.8 Å². The first-order valence-corrected chi connectivity index (χ1v) is 13.3. The Hall–Kier alpha value is -2.33. The van der Waals surface area contributed by atoms with Gasteiger partial charge in [-0.25, -0.2) is 13.4 Å².